The summed E-state index contributed by atoms with van der Waals surface area (Å²) in [6.07, 6.45) is 1.36. The van der Waals surface area contributed by atoms with Gasteiger partial charge in [-0.15, -0.1) is 0 Å². The first-order chi connectivity index (χ1) is 13.9. The maximum Gasteiger partial charge on any atom is 0.261 e. The van der Waals surface area contributed by atoms with E-state index in [1.165, 1.54) is 0 Å². The van der Waals surface area contributed by atoms with E-state index < -0.39 is 6.04 Å². The minimum absolute atomic E-state index is 0.0595. The van der Waals surface area contributed by atoms with Gasteiger partial charge in [-0.25, -0.2) is 0 Å². The molecule has 2 aromatic rings. The first-order valence-electron chi connectivity index (χ1n) is 9.96. The van der Waals surface area contributed by atoms with Crippen LogP contribution in [0.25, 0.3) is 0 Å². The number of carbonyl (C=O) groups excluding carboxylic acids is 2. The van der Waals surface area contributed by atoms with Crippen molar-refractivity contribution in [3.63, 3.8) is 0 Å². The van der Waals surface area contributed by atoms with Gasteiger partial charge in [-0.1, -0.05) is 60.1 Å². The lowest BCUT2D eigenvalue weighted by molar-refractivity contribution is -0.143. The molecule has 0 radical (unpaired) electrons. The minimum Gasteiger partial charge on any atom is -0.484 e. The molecule has 1 N–H and O–H groups in total. The molecule has 0 bridgehead atoms. The van der Waals surface area contributed by atoms with Gasteiger partial charge in [0.05, 0.1) is 0 Å². The maximum absolute atomic E-state index is 13.1. The first-order valence-corrected chi connectivity index (χ1v) is 10.8. The summed E-state index contributed by atoms with van der Waals surface area (Å²) in [7, 11) is 0. The van der Waals surface area contributed by atoms with E-state index in [4.69, 9.17) is 4.74 Å². The summed E-state index contributed by atoms with van der Waals surface area (Å²) in [5.74, 6) is 0.260. The van der Waals surface area contributed by atoms with Crippen LogP contribution in [-0.2, 0) is 16.1 Å². The van der Waals surface area contributed by atoms with Gasteiger partial charge in [0.2, 0.25) is 5.91 Å². The van der Waals surface area contributed by atoms with Crippen molar-refractivity contribution >= 4 is 27.7 Å². The lowest BCUT2D eigenvalue weighted by atomic mass is 10.1. The molecule has 6 heteroatoms. The van der Waals surface area contributed by atoms with Gasteiger partial charge in [-0.2, -0.15) is 0 Å². The molecule has 0 fully saturated rings. The van der Waals surface area contributed by atoms with Crippen LogP contribution in [0.4, 0.5) is 0 Å². The molecule has 156 valence electrons. The molecule has 0 unspecified atom stereocenters. The van der Waals surface area contributed by atoms with Gasteiger partial charge < -0.3 is 15.0 Å². The quantitative estimate of drug-likeness (QED) is 0.565. The molecule has 0 aliphatic rings. The van der Waals surface area contributed by atoms with Crippen molar-refractivity contribution in [2.75, 3.05) is 6.61 Å². The highest BCUT2D eigenvalue weighted by molar-refractivity contribution is 9.10. The summed E-state index contributed by atoms with van der Waals surface area (Å²) in [5, 5.41) is 3.00. The fraction of sp³-hybridized carbons (Fsp3) is 0.391. The van der Waals surface area contributed by atoms with E-state index in [-0.39, 0.29) is 24.5 Å². The number of ether oxygens (including phenoxy) is 1. The molecule has 5 nitrogen and oxygen atoms in total. The highest BCUT2D eigenvalue weighted by Crippen LogP contribution is 2.17. The van der Waals surface area contributed by atoms with Crippen LogP contribution in [-0.4, -0.2) is 35.4 Å². The van der Waals surface area contributed by atoms with Gasteiger partial charge in [0.1, 0.15) is 11.8 Å². The van der Waals surface area contributed by atoms with Crippen LogP contribution in [0.2, 0.25) is 0 Å². The standard InChI is InChI=1S/C23H29BrN2O3/c1-4-17(3)25-23(28)21(5-2)26(15-18-9-7-6-8-10-18)22(27)16-29-20-13-11-19(24)12-14-20/h6-14,17,21H,4-5,15-16H2,1-3H3,(H,25,28)/t17-,21+/m0/s1. The average molecular weight is 461 g/mol. The van der Waals surface area contributed by atoms with Crippen LogP contribution in [0, 0.1) is 0 Å². The molecular weight excluding hydrogens is 432 g/mol. The Hall–Kier alpha value is -2.34. The molecule has 29 heavy (non-hydrogen) atoms. The Bertz CT molecular complexity index is 780. The number of halogens is 1. The minimum atomic E-state index is -0.551. The monoisotopic (exact) mass is 460 g/mol. The molecule has 0 saturated carbocycles. The zero-order valence-electron chi connectivity index (χ0n) is 17.2. The second-order valence-electron chi connectivity index (χ2n) is 6.99. The molecule has 0 saturated heterocycles. The molecule has 2 amide bonds. The van der Waals surface area contributed by atoms with Crippen LogP contribution in [0.15, 0.2) is 59.1 Å². The zero-order chi connectivity index (χ0) is 21.2. The van der Waals surface area contributed by atoms with Gasteiger partial charge in [0.15, 0.2) is 6.61 Å². The van der Waals surface area contributed by atoms with E-state index in [0.29, 0.717) is 18.7 Å². The number of hydrogen-bond donors (Lipinski definition) is 1. The highest BCUT2D eigenvalue weighted by Gasteiger charge is 2.29. The largest absolute Gasteiger partial charge is 0.484 e. The second kappa shape index (κ2) is 11.6. The Labute approximate surface area is 181 Å². The Kier molecular flexibility index (Phi) is 9.19. The van der Waals surface area contributed by atoms with Gasteiger partial charge >= 0.3 is 0 Å². The van der Waals surface area contributed by atoms with Crippen LogP contribution in [0.1, 0.15) is 39.2 Å². The number of nitrogens with zero attached hydrogens (tertiary/aromatic N) is 1. The van der Waals surface area contributed by atoms with Crippen molar-refractivity contribution in [2.24, 2.45) is 0 Å². The Morgan fingerprint density at radius 3 is 2.28 bits per heavy atom. The van der Waals surface area contributed by atoms with E-state index in [1.807, 2.05) is 63.2 Å². The molecule has 0 aliphatic carbocycles. The first kappa shape index (κ1) is 22.9. The molecule has 2 rings (SSSR count). The van der Waals surface area contributed by atoms with Crippen molar-refractivity contribution in [3.8, 4) is 5.75 Å². The Morgan fingerprint density at radius 1 is 1.03 bits per heavy atom. The SMILES string of the molecule is CC[C@H](C(=O)N[C@@H](C)CC)N(Cc1ccccc1)C(=O)COc1ccc(Br)cc1. The van der Waals surface area contributed by atoms with E-state index in [9.17, 15) is 9.59 Å². The molecular formula is C23H29BrN2O3. The summed E-state index contributed by atoms with van der Waals surface area (Å²) < 4.78 is 6.61. The Balaban J connectivity index is 2.16. The predicted octanol–water partition coefficient (Wildman–Crippen LogP) is 4.55. The van der Waals surface area contributed by atoms with Gasteiger partial charge in [0.25, 0.3) is 5.91 Å². The van der Waals surface area contributed by atoms with Gasteiger partial charge in [-0.05, 0) is 49.6 Å². The molecule has 2 atom stereocenters. The number of hydrogen-bond acceptors (Lipinski definition) is 3. The molecule has 2 aromatic carbocycles. The third kappa shape index (κ3) is 7.20. The number of carbonyl (C=O) groups is 2. The molecule has 0 aromatic heterocycles. The third-order valence-corrected chi connectivity index (χ3v) is 5.29. The molecule has 0 aliphatic heterocycles. The van der Waals surface area contributed by atoms with E-state index in [2.05, 4.69) is 21.2 Å². The van der Waals surface area contributed by atoms with E-state index in [0.717, 1.165) is 16.5 Å². The normalized spacial score (nSPS) is 12.7. The van der Waals surface area contributed by atoms with Crippen LogP contribution >= 0.6 is 15.9 Å². The third-order valence-electron chi connectivity index (χ3n) is 4.76. The number of rotatable bonds is 10. The summed E-state index contributed by atoms with van der Waals surface area (Å²) in [6.45, 7) is 6.13. The topological polar surface area (TPSA) is 58.6 Å². The summed E-state index contributed by atoms with van der Waals surface area (Å²) >= 11 is 3.38. The molecule has 0 heterocycles. The summed E-state index contributed by atoms with van der Waals surface area (Å²) in [5.41, 5.74) is 0.972. The second-order valence-corrected chi connectivity index (χ2v) is 7.91. The van der Waals surface area contributed by atoms with E-state index >= 15 is 0 Å². The van der Waals surface area contributed by atoms with Crippen LogP contribution < -0.4 is 10.1 Å². The van der Waals surface area contributed by atoms with Crippen molar-refractivity contribution in [3.05, 3.63) is 64.6 Å². The van der Waals surface area contributed by atoms with Crippen LogP contribution in [0.3, 0.4) is 0 Å². The number of benzene rings is 2. The Morgan fingerprint density at radius 2 is 1.69 bits per heavy atom. The van der Waals surface area contributed by atoms with E-state index in [1.54, 1.807) is 17.0 Å². The lowest BCUT2D eigenvalue weighted by Gasteiger charge is -2.31. The van der Waals surface area contributed by atoms with Gasteiger partial charge in [0, 0.05) is 17.1 Å². The zero-order valence-corrected chi connectivity index (χ0v) is 18.8. The van der Waals surface area contributed by atoms with Crippen molar-refractivity contribution < 1.29 is 14.3 Å². The predicted molar refractivity (Wildman–Crippen MR) is 119 cm³/mol. The molecule has 0 spiro atoms. The van der Waals surface area contributed by atoms with Crippen molar-refractivity contribution in [1.82, 2.24) is 10.2 Å². The smallest absolute Gasteiger partial charge is 0.261 e. The lowest BCUT2D eigenvalue weighted by Crippen LogP contribution is -2.51. The van der Waals surface area contributed by atoms with Crippen molar-refractivity contribution in [1.29, 1.82) is 0 Å². The van der Waals surface area contributed by atoms with Crippen molar-refractivity contribution in [2.45, 2.75) is 52.2 Å². The summed E-state index contributed by atoms with van der Waals surface area (Å²) in [6, 6.07) is 16.5. The fourth-order valence-corrected chi connectivity index (χ4v) is 3.16. The summed E-state index contributed by atoms with van der Waals surface area (Å²) in [4.78, 5) is 27.5. The number of nitrogens with one attached hydrogen (secondary N) is 1. The number of amides is 2. The maximum atomic E-state index is 13.1. The van der Waals surface area contributed by atoms with Gasteiger partial charge in [-0.3, -0.25) is 9.59 Å². The average Bonchev–Trinajstić information content (AvgIpc) is 2.73. The van der Waals surface area contributed by atoms with Crippen LogP contribution in [0.5, 0.6) is 5.75 Å². The highest BCUT2D eigenvalue weighted by atomic mass is 79.9. The fourth-order valence-electron chi connectivity index (χ4n) is 2.90.